The van der Waals surface area contributed by atoms with Crippen LogP contribution in [0.1, 0.15) is 11.1 Å². The lowest BCUT2D eigenvalue weighted by Crippen LogP contribution is -2.19. The van der Waals surface area contributed by atoms with Gasteiger partial charge in [0.25, 0.3) is 0 Å². The molecular weight excluding hydrogens is 250 g/mol. The van der Waals surface area contributed by atoms with Crippen LogP contribution in [-0.4, -0.2) is 15.9 Å². The Morgan fingerprint density at radius 1 is 1.33 bits per heavy atom. The number of hydrogen-bond donors (Lipinski definition) is 1. The van der Waals surface area contributed by atoms with Gasteiger partial charge in [-0.25, -0.2) is 4.98 Å². The first kappa shape index (κ1) is 11.2. The Kier molecular flexibility index (Phi) is 2.71. The Morgan fingerprint density at radius 2 is 2.00 bits per heavy atom. The van der Waals surface area contributed by atoms with Crippen molar-refractivity contribution in [2.45, 2.75) is 18.9 Å². The molecule has 1 heterocycles. The van der Waals surface area contributed by atoms with Crippen LogP contribution in [0.25, 0.3) is 0 Å². The van der Waals surface area contributed by atoms with Crippen molar-refractivity contribution in [3.8, 4) is 0 Å². The molecular formula is C12H11N3O2S. The molecule has 1 aliphatic carbocycles. The summed E-state index contributed by atoms with van der Waals surface area (Å²) in [5, 5.41) is 14.5. The van der Waals surface area contributed by atoms with Crippen LogP contribution in [0.4, 0.5) is 10.1 Å². The molecule has 6 heteroatoms. The molecule has 0 aliphatic heterocycles. The van der Waals surface area contributed by atoms with Crippen LogP contribution in [0.3, 0.4) is 0 Å². The number of thiazole rings is 1. The van der Waals surface area contributed by atoms with Gasteiger partial charge in [-0.1, -0.05) is 24.3 Å². The van der Waals surface area contributed by atoms with Crippen molar-refractivity contribution in [2.24, 2.45) is 0 Å². The van der Waals surface area contributed by atoms with Crippen LogP contribution >= 0.6 is 11.3 Å². The second kappa shape index (κ2) is 4.38. The SMILES string of the molecule is O=[N+]([O-])c1cnc(NC2Cc3ccccc3C2)s1. The monoisotopic (exact) mass is 261 g/mol. The zero-order valence-electron chi connectivity index (χ0n) is 9.50. The van der Waals surface area contributed by atoms with E-state index in [2.05, 4.69) is 22.4 Å². The maximum absolute atomic E-state index is 10.6. The first-order valence-corrected chi connectivity index (χ1v) is 6.47. The molecule has 0 fully saturated rings. The number of aromatic nitrogens is 1. The summed E-state index contributed by atoms with van der Waals surface area (Å²) in [4.78, 5) is 14.2. The molecule has 0 bridgehead atoms. The molecule has 0 spiro atoms. The standard InChI is InChI=1S/C12H11N3O2S/c16-15(17)11-7-13-12(18-11)14-10-5-8-3-1-2-4-9(8)6-10/h1-4,7,10H,5-6H2,(H,13,14). The van der Waals surface area contributed by atoms with Gasteiger partial charge in [0.05, 0.1) is 4.92 Å². The molecule has 0 amide bonds. The van der Waals surface area contributed by atoms with Gasteiger partial charge in [-0.15, -0.1) is 0 Å². The minimum absolute atomic E-state index is 0.0769. The highest BCUT2D eigenvalue weighted by Crippen LogP contribution is 2.29. The van der Waals surface area contributed by atoms with E-state index in [1.165, 1.54) is 17.3 Å². The number of hydrogen-bond acceptors (Lipinski definition) is 5. The average molecular weight is 261 g/mol. The summed E-state index contributed by atoms with van der Waals surface area (Å²) in [7, 11) is 0. The highest BCUT2D eigenvalue weighted by molar-refractivity contribution is 7.18. The van der Waals surface area contributed by atoms with E-state index >= 15 is 0 Å². The predicted molar refractivity (Wildman–Crippen MR) is 70.0 cm³/mol. The molecule has 0 unspecified atom stereocenters. The van der Waals surface area contributed by atoms with Crippen LogP contribution < -0.4 is 5.32 Å². The van der Waals surface area contributed by atoms with Crippen molar-refractivity contribution >= 4 is 21.5 Å². The molecule has 1 aromatic carbocycles. The fourth-order valence-corrected chi connectivity index (χ4v) is 2.96. The van der Waals surface area contributed by atoms with Gasteiger partial charge in [0, 0.05) is 6.04 Å². The highest BCUT2D eigenvalue weighted by atomic mass is 32.1. The minimum atomic E-state index is -0.410. The van der Waals surface area contributed by atoms with E-state index in [1.54, 1.807) is 0 Å². The number of nitrogens with one attached hydrogen (secondary N) is 1. The van der Waals surface area contributed by atoms with Gasteiger partial charge in [0.15, 0.2) is 5.13 Å². The van der Waals surface area contributed by atoms with E-state index in [1.807, 2.05) is 12.1 Å². The molecule has 3 rings (SSSR count). The lowest BCUT2D eigenvalue weighted by Gasteiger charge is -2.09. The Morgan fingerprint density at radius 3 is 2.56 bits per heavy atom. The van der Waals surface area contributed by atoms with E-state index in [9.17, 15) is 10.1 Å². The molecule has 0 radical (unpaired) electrons. The van der Waals surface area contributed by atoms with E-state index in [4.69, 9.17) is 0 Å². The molecule has 0 saturated heterocycles. The number of fused-ring (bicyclic) bond motifs is 1. The fourth-order valence-electron chi connectivity index (χ4n) is 2.25. The van der Waals surface area contributed by atoms with E-state index in [-0.39, 0.29) is 11.0 Å². The van der Waals surface area contributed by atoms with Crippen LogP contribution in [0, 0.1) is 10.1 Å². The molecule has 1 N–H and O–H groups in total. The van der Waals surface area contributed by atoms with Gasteiger partial charge in [-0.2, -0.15) is 0 Å². The first-order valence-electron chi connectivity index (χ1n) is 5.66. The number of nitrogens with zero attached hydrogens (tertiary/aromatic N) is 2. The van der Waals surface area contributed by atoms with Gasteiger partial charge >= 0.3 is 5.00 Å². The molecule has 1 aromatic heterocycles. The summed E-state index contributed by atoms with van der Waals surface area (Å²) >= 11 is 1.09. The summed E-state index contributed by atoms with van der Waals surface area (Å²) in [6.07, 6.45) is 3.20. The second-order valence-electron chi connectivity index (χ2n) is 4.28. The third kappa shape index (κ3) is 2.06. The Hall–Kier alpha value is -1.95. The second-order valence-corrected chi connectivity index (χ2v) is 5.29. The van der Waals surface area contributed by atoms with Crippen molar-refractivity contribution in [2.75, 3.05) is 5.32 Å². The maximum atomic E-state index is 10.6. The topological polar surface area (TPSA) is 68.1 Å². The summed E-state index contributed by atoms with van der Waals surface area (Å²) in [6, 6.07) is 8.61. The quantitative estimate of drug-likeness (QED) is 0.681. The van der Waals surface area contributed by atoms with Crippen LogP contribution in [0.2, 0.25) is 0 Å². The number of anilines is 1. The summed E-state index contributed by atoms with van der Waals surface area (Å²) in [6.45, 7) is 0. The lowest BCUT2D eigenvalue weighted by atomic mass is 10.1. The van der Waals surface area contributed by atoms with Crippen molar-refractivity contribution in [3.63, 3.8) is 0 Å². The number of rotatable bonds is 3. The van der Waals surface area contributed by atoms with Gasteiger partial charge in [-0.05, 0) is 35.3 Å². The Bertz CT molecular complexity index is 572. The molecule has 2 aromatic rings. The summed E-state index contributed by atoms with van der Waals surface area (Å²) in [5.41, 5.74) is 2.70. The fraction of sp³-hybridized carbons (Fsp3) is 0.250. The average Bonchev–Trinajstić information content (AvgIpc) is 2.94. The predicted octanol–water partition coefficient (Wildman–Crippen LogP) is 2.63. The molecule has 5 nitrogen and oxygen atoms in total. The summed E-state index contributed by atoms with van der Waals surface area (Å²) in [5.74, 6) is 0. The van der Waals surface area contributed by atoms with Crippen molar-refractivity contribution in [1.29, 1.82) is 0 Å². The Balaban J connectivity index is 1.70. The van der Waals surface area contributed by atoms with Crippen molar-refractivity contribution in [3.05, 3.63) is 51.7 Å². The van der Waals surface area contributed by atoms with Crippen LogP contribution in [-0.2, 0) is 12.8 Å². The third-order valence-electron chi connectivity index (χ3n) is 3.05. The van der Waals surface area contributed by atoms with Crippen LogP contribution in [0.15, 0.2) is 30.5 Å². The van der Waals surface area contributed by atoms with E-state index in [0.29, 0.717) is 5.13 Å². The molecule has 1 aliphatic rings. The van der Waals surface area contributed by atoms with Crippen molar-refractivity contribution in [1.82, 2.24) is 4.98 Å². The number of benzene rings is 1. The minimum Gasteiger partial charge on any atom is -0.358 e. The number of nitro groups is 1. The smallest absolute Gasteiger partial charge is 0.345 e. The van der Waals surface area contributed by atoms with E-state index < -0.39 is 4.92 Å². The highest BCUT2D eigenvalue weighted by Gasteiger charge is 2.22. The van der Waals surface area contributed by atoms with Crippen molar-refractivity contribution < 1.29 is 4.92 Å². The lowest BCUT2D eigenvalue weighted by molar-refractivity contribution is -0.380. The van der Waals surface area contributed by atoms with Gasteiger partial charge in [0.1, 0.15) is 6.20 Å². The first-order chi connectivity index (χ1) is 8.72. The molecule has 18 heavy (non-hydrogen) atoms. The normalized spacial score (nSPS) is 14.4. The van der Waals surface area contributed by atoms with Gasteiger partial charge < -0.3 is 5.32 Å². The largest absolute Gasteiger partial charge is 0.358 e. The Labute approximate surface area is 108 Å². The molecule has 92 valence electrons. The molecule has 0 atom stereocenters. The maximum Gasteiger partial charge on any atom is 0.345 e. The zero-order chi connectivity index (χ0) is 12.5. The third-order valence-corrected chi connectivity index (χ3v) is 3.93. The van der Waals surface area contributed by atoms with Gasteiger partial charge in [0.2, 0.25) is 0 Å². The van der Waals surface area contributed by atoms with E-state index in [0.717, 1.165) is 24.2 Å². The zero-order valence-corrected chi connectivity index (χ0v) is 10.3. The molecule has 0 saturated carbocycles. The summed E-state index contributed by atoms with van der Waals surface area (Å²) < 4.78 is 0. The van der Waals surface area contributed by atoms with Crippen LogP contribution in [0.5, 0.6) is 0 Å². The van der Waals surface area contributed by atoms with Gasteiger partial charge in [-0.3, -0.25) is 10.1 Å².